The minimum Gasteiger partial charge on any atom is -0.493 e. The fraction of sp³-hybridized carbons (Fsp3) is 0.188. The topological polar surface area (TPSA) is 108 Å². The molecule has 0 atom stereocenters. The first-order chi connectivity index (χ1) is 11.8. The number of methoxy groups -OCH3 is 2. The quantitative estimate of drug-likeness (QED) is 0.620. The molecule has 0 aromatic heterocycles. The van der Waals surface area contributed by atoms with Crippen LogP contribution in [0.1, 0.15) is 15.9 Å². The van der Waals surface area contributed by atoms with E-state index in [0.717, 1.165) is 0 Å². The van der Waals surface area contributed by atoms with Gasteiger partial charge in [0, 0.05) is 10.1 Å². The molecule has 0 saturated heterocycles. The molecular formula is C16H17IN2O5S. The molecule has 0 aliphatic carbocycles. The monoisotopic (exact) mass is 476 g/mol. The highest BCUT2D eigenvalue weighted by molar-refractivity contribution is 14.1. The fourth-order valence-corrected chi connectivity index (χ4v) is 3.41. The van der Waals surface area contributed by atoms with Gasteiger partial charge in [0.1, 0.15) is 0 Å². The number of sulfonamides is 1. The minimum atomic E-state index is -3.78. The van der Waals surface area contributed by atoms with Gasteiger partial charge in [0.25, 0.3) is 5.91 Å². The predicted molar refractivity (Wildman–Crippen MR) is 101 cm³/mol. The predicted octanol–water partition coefficient (Wildman–Crippen LogP) is 1.89. The molecule has 2 aromatic carbocycles. The molecule has 0 bridgehead atoms. The van der Waals surface area contributed by atoms with Crippen LogP contribution in [0.15, 0.2) is 41.3 Å². The standard InChI is InChI=1S/C16H17IN2O5S/c1-23-14-7-12(13(17)8-15(14)24-2)16(20)19-9-10-4-3-5-11(6-10)25(18,21)22/h3-8H,9H2,1-2H3,(H,19,20)(H2,18,21,22). The van der Waals surface area contributed by atoms with E-state index < -0.39 is 10.0 Å². The first-order valence-corrected chi connectivity index (χ1v) is 9.70. The Bertz CT molecular complexity index is 899. The number of carbonyl (C=O) groups excluding carboxylic acids is 1. The maximum atomic E-state index is 12.4. The second-order valence-electron chi connectivity index (χ2n) is 5.06. The molecule has 0 saturated carbocycles. The van der Waals surface area contributed by atoms with Crippen LogP contribution in [0.2, 0.25) is 0 Å². The number of nitrogens with two attached hydrogens (primary N) is 1. The lowest BCUT2D eigenvalue weighted by Crippen LogP contribution is -2.24. The van der Waals surface area contributed by atoms with E-state index in [1.54, 1.807) is 24.3 Å². The maximum Gasteiger partial charge on any atom is 0.252 e. The Morgan fingerprint density at radius 2 is 1.80 bits per heavy atom. The molecule has 0 heterocycles. The zero-order valence-electron chi connectivity index (χ0n) is 13.6. The Kier molecular flexibility index (Phi) is 6.25. The molecule has 3 N–H and O–H groups in total. The van der Waals surface area contributed by atoms with Gasteiger partial charge in [-0.2, -0.15) is 0 Å². The number of hydrogen-bond donors (Lipinski definition) is 2. The molecule has 0 unspecified atom stereocenters. The van der Waals surface area contributed by atoms with E-state index in [2.05, 4.69) is 5.32 Å². The van der Waals surface area contributed by atoms with Crippen LogP contribution in [0.25, 0.3) is 0 Å². The number of primary sulfonamides is 1. The Labute approximate surface area is 159 Å². The highest BCUT2D eigenvalue weighted by Crippen LogP contribution is 2.31. The zero-order valence-corrected chi connectivity index (χ0v) is 16.6. The first kappa shape index (κ1) is 19.5. The van der Waals surface area contributed by atoms with Gasteiger partial charge in [-0.3, -0.25) is 4.79 Å². The van der Waals surface area contributed by atoms with Crippen LogP contribution < -0.4 is 19.9 Å². The van der Waals surface area contributed by atoms with Crippen LogP contribution in [-0.2, 0) is 16.6 Å². The van der Waals surface area contributed by atoms with Gasteiger partial charge in [0.05, 0.1) is 24.7 Å². The molecule has 2 rings (SSSR count). The number of benzene rings is 2. The Morgan fingerprint density at radius 3 is 2.40 bits per heavy atom. The van der Waals surface area contributed by atoms with Crippen molar-refractivity contribution >= 4 is 38.5 Å². The summed E-state index contributed by atoms with van der Waals surface area (Å²) in [5, 5.41) is 7.86. The average molecular weight is 476 g/mol. The molecular weight excluding hydrogens is 459 g/mol. The van der Waals surface area contributed by atoms with Crippen molar-refractivity contribution in [2.24, 2.45) is 5.14 Å². The van der Waals surface area contributed by atoms with Crippen molar-refractivity contribution in [1.82, 2.24) is 5.32 Å². The lowest BCUT2D eigenvalue weighted by molar-refractivity contribution is 0.0949. The van der Waals surface area contributed by atoms with Gasteiger partial charge >= 0.3 is 0 Å². The Hall–Kier alpha value is -1.85. The van der Waals surface area contributed by atoms with Crippen molar-refractivity contribution in [3.63, 3.8) is 0 Å². The highest BCUT2D eigenvalue weighted by Gasteiger charge is 2.15. The van der Waals surface area contributed by atoms with E-state index in [0.29, 0.717) is 26.2 Å². The van der Waals surface area contributed by atoms with Crippen LogP contribution in [0.4, 0.5) is 0 Å². The van der Waals surface area contributed by atoms with Gasteiger partial charge in [-0.05, 0) is 52.4 Å². The van der Waals surface area contributed by atoms with Crippen molar-refractivity contribution in [2.45, 2.75) is 11.4 Å². The van der Waals surface area contributed by atoms with Gasteiger partial charge in [-0.25, -0.2) is 13.6 Å². The molecule has 0 aliphatic rings. The molecule has 2 aromatic rings. The molecule has 7 nitrogen and oxygen atoms in total. The van der Waals surface area contributed by atoms with Gasteiger partial charge < -0.3 is 14.8 Å². The number of carbonyl (C=O) groups is 1. The molecule has 0 radical (unpaired) electrons. The molecule has 25 heavy (non-hydrogen) atoms. The van der Waals surface area contributed by atoms with Crippen LogP contribution in [-0.4, -0.2) is 28.5 Å². The SMILES string of the molecule is COc1cc(I)c(C(=O)NCc2cccc(S(N)(=O)=O)c2)cc1OC. The lowest BCUT2D eigenvalue weighted by Gasteiger charge is -2.12. The molecule has 0 spiro atoms. The number of hydrogen-bond acceptors (Lipinski definition) is 5. The number of nitrogens with one attached hydrogen (secondary N) is 1. The van der Waals surface area contributed by atoms with Crippen molar-refractivity contribution in [3.8, 4) is 11.5 Å². The van der Waals surface area contributed by atoms with Crippen molar-refractivity contribution < 1.29 is 22.7 Å². The fourth-order valence-electron chi connectivity index (χ4n) is 2.14. The molecule has 0 aliphatic heterocycles. The van der Waals surface area contributed by atoms with Crippen molar-refractivity contribution in [3.05, 3.63) is 51.1 Å². The third kappa shape index (κ3) is 4.83. The Balaban J connectivity index is 2.18. The van der Waals surface area contributed by atoms with Crippen molar-refractivity contribution in [1.29, 1.82) is 0 Å². The largest absolute Gasteiger partial charge is 0.493 e. The Morgan fingerprint density at radius 1 is 1.16 bits per heavy atom. The van der Waals surface area contributed by atoms with E-state index in [4.69, 9.17) is 14.6 Å². The van der Waals surface area contributed by atoms with Gasteiger partial charge in [-0.1, -0.05) is 12.1 Å². The number of halogens is 1. The average Bonchev–Trinajstić information content (AvgIpc) is 2.58. The third-order valence-electron chi connectivity index (χ3n) is 3.40. The third-order valence-corrected chi connectivity index (χ3v) is 5.20. The number of rotatable bonds is 6. The summed E-state index contributed by atoms with van der Waals surface area (Å²) in [6, 6.07) is 9.40. The molecule has 1 amide bonds. The summed E-state index contributed by atoms with van der Waals surface area (Å²) in [5.74, 6) is 0.667. The normalized spacial score (nSPS) is 11.0. The second-order valence-corrected chi connectivity index (χ2v) is 7.79. The van der Waals surface area contributed by atoms with Gasteiger partial charge in [0.15, 0.2) is 11.5 Å². The summed E-state index contributed by atoms with van der Waals surface area (Å²) in [6.07, 6.45) is 0. The minimum absolute atomic E-state index is 0.0000498. The molecule has 9 heteroatoms. The molecule has 0 fully saturated rings. The lowest BCUT2D eigenvalue weighted by atomic mass is 10.1. The van der Waals surface area contributed by atoms with E-state index in [-0.39, 0.29) is 17.3 Å². The number of ether oxygens (including phenoxy) is 2. The van der Waals surface area contributed by atoms with Gasteiger partial charge in [0.2, 0.25) is 10.0 Å². The second kappa shape index (κ2) is 8.02. The van der Waals surface area contributed by atoms with E-state index in [9.17, 15) is 13.2 Å². The zero-order chi connectivity index (χ0) is 18.6. The van der Waals surface area contributed by atoms with E-state index >= 15 is 0 Å². The van der Waals surface area contributed by atoms with E-state index in [1.165, 1.54) is 26.4 Å². The van der Waals surface area contributed by atoms with Crippen LogP contribution in [0.5, 0.6) is 11.5 Å². The van der Waals surface area contributed by atoms with Crippen LogP contribution in [0, 0.1) is 3.57 Å². The van der Waals surface area contributed by atoms with Crippen molar-refractivity contribution in [2.75, 3.05) is 14.2 Å². The highest BCUT2D eigenvalue weighted by atomic mass is 127. The number of amides is 1. The summed E-state index contributed by atoms with van der Waals surface area (Å²) in [5.41, 5.74) is 1.05. The summed E-state index contributed by atoms with van der Waals surface area (Å²) in [7, 11) is -0.773. The van der Waals surface area contributed by atoms with Gasteiger partial charge in [-0.15, -0.1) is 0 Å². The maximum absolute atomic E-state index is 12.4. The summed E-state index contributed by atoms with van der Waals surface area (Å²) < 4.78 is 33.9. The summed E-state index contributed by atoms with van der Waals surface area (Å²) in [6.45, 7) is 0.159. The van der Waals surface area contributed by atoms with Crippen LogP contribution in [0.3, 0.4) is 0 Å². The summed E-state index contributed by atoms with van der Waals surface area (Å²) in [4.78, 5) is 12.4. The summed E-state index contributed by atoms with van der Waals surface area (Å²) >= 11 is 2.04. The first-order valence-electron chi connectivity index (χ1n) is 7.07. The van der Waals surface area contributed by atoms with E-state index in [1.807, 2.05) is 22.6 Å². The smallest absolute Gasteiger partial charge is 0.252 e. The molecule has 134 valence electrons. The van der Waals surface area contributed by atoms with Crippen LogP contribution >= 0.6 is 22.6 Å².